The fraction of sp³-hybridized carbons (Fsp3) is 0.714. The SMILES string of the molecule is CCC(CC)N(CCO)c1nnc(C)c(C)c1CN. The molecule has 1 heterocycles. The third kappa shape index (κ3) is 3.42. The summed E-state index contributed by atoms with van der Waals surface area (Å²) in [6.45, 7) is 9.38. The van der Waals surface area contributed by atoms with Gasteiger partial charge >= 0.3 is 0 Å². The number of hydrogen-bond acceptors (Lipinski definition) is 5. The Bertz CT molecular complexity index is 405. The summed E-state index contributed by atoms with van der Waals surface area (Å²) in [4.78, 5) is 2.14. The Morgan fingerprint density at radius 1 is 1.21 bits per heavy atom. The van der Waals surface area contributed by atoms with Crippen molar-refractivity contribution in [3.8, 4) is 0 Å². The van der Waals surface area contributed by atoms with Crippen LogP contribution in [0.15, 0.2) is 0 Å². The minimum absolute atomic E-state index is 0.106. The summed E-state index contributed by atoms with van der Waals surface area (Å²) in [7, 11) is 0. The molecular formula is C14H26N4O. The zero-order valence-electron chi connectivity index (χ0n) is 12.5. The second-order valence-electron chi connectivity index (χ2n) is 4.80. The molecule has 0 aliphatic carbocycles. The third-order valence-corrected chi connectivity index (χ3v) is 3.76. The highest BCUT2D eigenvalue weighted by molar-refractivity contribution is 5.51. The van der Waals surface area contributed by atoms with Crippen molar-refractivity contribution in [3.63, 3.8) is 0 Å². The lowest BCUT2D eigenvalue weighted by Gasteiger charge is -2.32. The van der Waals surface area contributed by atoms with Gasteiger partial charge in [0.2, 0.25) is 0 Å². The Morgan fingerprint density at radius 3 is 2.32 bits per heavy atom. The van der Waals surface area contributed by atoms with E-state index in [0.29, 0.717) is 19.1 Å². The zero-order chi connectivity index (χ0) is 14.4. The molecule has 5 heteroatoms. The van der Waals surface area contributed by atoms with E-state index in [4.69, 9.17) is 5.73 Å². The first-order chi connectivity index (χ1) is 9.10. The summed E-state index contributed by atoms with van der Waals surface area (Å²) >= 11 is 0. The van der Waals surface area contributed by atoms with E-state index < -0.39 is 0 Å². The second kappa shape index (κ2) is 7.40. The quantitative estimate of drug-likeness (QED) is 0.783. The number of rotatable bonds is 7. The lowest BCUT2D eigenvalue weighted by molar-refractivity contribution is 0.295. The maximum absolute atomic E-state index is 9.30. The van der Waals surface area contributed by atoms with Crippen LogP contribution in [-0.4, -0.2) is 34.5 Å². The van der Waals surface area contributed by atoms with Gasteiger partial charge in [0.05, 0.1) is 12.3 Å². The van der Waals surface area contributed by atoms with Crippen LogP contribution in [-0.2, 0) is 6.54 Å². The van der Waals surface area contributed by atoms with E-state index >= 15 is 0 Å². The number of hydrogen-bond donors (Lipinski definition) is 2. The average molecular weight is 266 g/mol. The van der Waals surface area contributed by atoms with Crippen LogP contribution in [0.2, 0.25) is 0 Å². The van der Waals surface area contributed by atoms with Crippen LogP contribution in [0.25, 0.3) is 0 Å². The standard InChI is InChI=1S/C14H26N4O/c1-5-12(6-2)18(7-8-19)14-13(9-15)10(3)11(4)16-17-14/h12,19H,5-9,15H2,1-4H3. The van der Waals surface area contributed by atoms with Crippen molar-refractivity contribution >= 4 is 5.82 Å². The van der Waals surface area contributed by atoms with Crippen LogP contribution >= 0.6 is 0 Å². The molecule has 0 aliphatic rings. The number of nitrogens with zero attached hydrogens (tertiary/aromatic N) is 3. The van der Waals surface area contributed by atoms with Gasteiger partial charge in [0.15, 0.2) is 5.82 Å². The molecule has 0 radical (unpaired) electrons. The Hall–Kier alpha value is -1.20. The van der Waals surface area contributed by atoms with Crippen molar-refractivity contribution in [1.82, 2.24) is 10.2 Å². The van der Waals surface area contributed by atoms with Gasteiger partial charge in [-0.25, -0.2) is 0 Å². The Balaban J connectivity index is 3.25. The number of aromatic nitrogens is 2. The topological polar surface area (TPSA) is 75.3 Å². The molecule has 3 N–H and O–H groups in total. The van der Waals surface area contributed by atoms with Gasteiger partial charge < -0.3 is 15.7 Å². The highest BCUT2D eigenvalue weighted by Crippen LogP contribution is 2.25. The van der Waals surface area contributed by atoms with Crippen molar-refractivity contribution in [2.45, 2.75) is 53.1 Å². The van der Waals surface area contributed by atoms with Gasteiger partial charge in [-0.1, -0.05) is 13.8 Å². The number of aryl methyl sites for hydroxylation is 1. The van der Waals surface area contributed by atoms with E-state index in [0.717, 1.165) is 35.5 Å². The molecule has 0 amide bonds. The predicted octanol–water partition coefficient (Wildman–Crippen LogP) is 1.54. The molecule has 0 aromatic carbocycles. The summed E-state index contributed by atoms with van der Waals surface area (Å²) in [5.41, 5.74) is 8.93. The minimum atomic E-state index is 0.106. The van der Waals surface area contributed by atoms with E-state index in [1.165, 1.54) is 0 Å². The monoisotopic (exact) mass is 266 g/mol. The number of aliphatic hydroxyl groups excluding tert-OH is 1. The van der Waals surface area contributed by atoms with E-state index in [1.54, 1.807) is 0 Å². The zero-order valence-corrected chi connectivity index (χ0v) is 12.5. The van der Waals surface area contributed by atoms with Crippen molar-refractivity contribution in [2.75, 3.05) is 18.1 Å². The Kier molecular flexibility index (Phi) is 6.18. The van der Waals surface area contributed by atoms with Crippen LogP contribution in [0.5, 0.6) is 0 Å². The van der Waals surface area contributed by atoms with Gasteiger partial charge in [-0.2, -0.15) is 5.10 Å². The predicted molar refractivity (Wildman–Crippen MR) is 78.2 cm³/mol. The first kappa shape index (κ1) is 15.9. The first-order valence-corrected chi connectivity index (χ1v) is 7.00. The highest BCUT2D eigenvalue weighted by atomic mass is 16.3. The van der Waals surface area contributed by atoms with Crippen LogP contribution in [0.1, 0.15) is 43.5 Å². The molecule has 0 saturated carbocycles. The van der Waals surface area contributed by atoms with Gasteiger partial charge in [-0.3, -0.25) is 0 Å². The van der Waals surface area contributed by atoms with Crippen LogP contribution in [0.4, 0.5) is 5.82 Å². The Labute approximate surface area is 115 Å². The summed E-state index contributed by atoms with van der Waals surface area (Å²) in [6.07, 6.45) is 2.02. The van der Waals surface area contributed by atoms with Crippen LogP contribution in [0, 0.1) is 13.8 Å². The van der Waals surface area contributed by atoms with Crippen molar-refractivity contribution < 1.29 is 5.11 Å². The molecule has 19 heavy (non-hydrogen) atoms. The largest absolute Gasteiger partial charge is 0.395 e. The highest BCUT2D eigenvalue weighted by Gasteiger charge is 2.21. The molecule has 5 nitrogen and oxygen atoms in total. The van der Waals surface area contributed by atoms with Gasteiger partial charge in [-0.15, -0.1) is 5.10 Å². The van der Waals surface area contributed by atoms with Crippen LogP contribution < -0.4 is 10.6 Å². The summed E-state index contributed by atoms with van der Waals surface area (Å²) < 4.78 is 0. The van der Waals surface area contributed by atoms with E-state index in [1.807, 2.05) is 13.8 Å². The smallest absolute Gasteiger partial charge is 0.156 e. The van der Waals surface area contributed by atoms with Crippen molar-refractivity contribution in [2.24, 2.45) is 5.73 Å². The minimum Gasteiger partial charge on any atom is -0.395 e. The molecule has 108 valence electrons. The van der Waals surface area contributed by atoms with Gasteiger partial charge in [0, 0.05) is 24.7 Å². The molecule has 1 rings (SSSR count). The summed E-state index contributed by atoms with van der Waals surface area (Å²) in [5, 5.41) is 17.8. The summed E-state index contributed by atoms with van der Waals surface area (Å²) in [5.74, 6) is 0.827. The molecule has 0 atom stereocenters. The molecule has 0 unspecified atom stereocenters. The van der Waals surface area contributed by atoms with Gasteiger partial charge in [0.25, 0.3) is 0 Å². The number of nitrogens with two attached hydrogens (primary N) is 1. The molecule has 0 fully saturated rings. The fourth-order valence-corrected chi connectivity index (χ4v) is 2.42. The van der Waals surface area contributed by atoms with E-state index in [-0.39, 0.29) is 6.61 Å². The molecular weight excluding hydrogens is 240 g/mol. The molecule has 1 aromatic rings. The van der Waals surface area contributed by atoms with E-state index in [9.17, 15) is 5.11 Å². The van der Waals surface area contributed by atoms with E-state index in [2.05, 4.69) is 28.9 Å². The van der Waals surface area contributed by atoms with Crippen molar-refractivity contribution in [3.05, 3.63) is 16.8 Å². The van der Waals surface area contributed by atoms with Gasteiger partial charge in [-0.05, 0) is 32.3 Å². The fourth-order valence-electron chi connectivity index (χ4n) is 2.42. The van der Waals surface area contributed by atoms with Crippen molar-refractivity contribution in [1.29, 1.82) is 0 Å². The van der Waals surface area contributed by atoms with Crippen LogP contribution in [0.3, 0.4) is 0 Å². The first-order valence-electron chi connectivity index (χ1n) is 7.00. The average Bonchev–Trinajstić information content (AvgIpc) is 2.42. The number of anilines is 1. The summed E-state index contributed by atoms with van der Waals surface area (Å²) in [6, 6.07) is 0.355. The molecule has 0 saturated heterocycles. The lowest BCUT2D eigenvalue weighted by atomic mass is 10.1. The second-order valence-corrected chi connectivity index (χ2v) is 4.80. The van der Waals surface area contributed by atoms with Gasteiger partial charge in [0.1, 0.15) is 0 Å². The molecule has 0 aliphatic heterocycles. The molecule has 0 bridgehead atoms. The maximum Gasteiger partial charge on any atom is 0.156 e. The molecule has 0 spiro atoms. The Morgan fingerprint density at radius 2 is 1.84 bits per heavy atom. The lowest BCUT2D eigenvalue weighted by Crippen LogP contribution is -2.38. The normalized spacial score (nSPS) is 11.1. The maximum atomic E-state index is 9.30. The third-order valence-electron chi connectivity index (χ3n) is 3.76. The number of aliphatic hydroxyl groups is 1. The molecule has 1 aromatic heterocycles.